The van der Waals surface area contributed by atoms with Gasteiger partial charge in [0, 0.05) is 39.8 Å². The predicted octanol–water partition coefficient (Wildman–Crippen LogP) is 1.22. The fourth-order valence-electron chi connectivity index (χ4n) is 3.13. The average Bonchev–Trinajstić information content (AvgIpc) is 2.94. The highest BCUT2D eigenvalue weighted by atomic mass is 16.3. The van der Waals surface area contributed by atoms with E-state index in [9.17, 15) is 9.90 Å². The molecule has 0 spiro atoms. The highest BCUT2D eigenvalue weighted by molar-refractivity contribution is 5.92. The highest BCUT2D eigenvalue weighted by Gasteiger charge is 2.25. The van der Waals surface area contributed by atoms with Gasteiger partial charge in [-0.3, -0.25) is 14.4 Å². The van der Waals surface area contributed by atoms with Crippen LogP contribution in [0.4, 0.5) is 0 Å². The van der Waals surface area contributed by atoms with Crippen molar-refractivity contribution in [1.29, 1.82) is 0 Å². The van der Waals surface area contributed by atoms with Gasteiger partial charge in [0.25, 0.3) is 5.91 Å². The Morgan fingerprint density at radius 1 is 1.21 bits per heavy atom. The largest absolute Gasteiger partial charge is 0.387 e. The fourth-order valence-corrected chi connectivity index (χ4v) is 3.13. The minimum absolute atomic E-state index is 0.0290. The molecular formula is C18H24N4O2. The van der Waals surface area contributed by atoms with Crippen molar-refractivity contribution >= 4 is 5.91 Å². The van der Waals surface area contributed by atoms with Crippen molar-refractivity contribution in [1.82, 2.24) is 19.6 Å². The molecule has 1 amide bonds. The van der Waals surface area contributed by atoms with E-state index in [0.29, 0.717) is 25.3 Å². The SMILES string of the molecule is Cc1cc(C(=O)N2CCN(C[C@@H](O)c3ccccc3)CC2)n(C)n1. The van der Waals surface area contributed by atoms with E-state index in [0.717, 1.165) is 24.3 Å². The molecule has 1 aromatic heterocycles. The minimum atomic E-state index is -0.492. The summed E-state index contributed by atoms with van der Waals surface area (Å²) in [6.07, 6.45) is -0.492. The summed E-state index contributed by atoms with van der Waals surface area (Å²) in [5, 5.41) is 14.6. The second kappa shape index (κ2) is 7.15. The number of aliphatic hydroxyl groups is 1. The van der Waals surface area contributed by atoms with Gasteiger partial charge in [-0.1, -0.05) is 30.3 Å². The molecule has 2 heterocycles. The summed E-state index contributed by atoms with van der Waals surface area (Å²) >= 11 is 0. The zero-order valence-electron chi connectivity index (χ0n) is 14.2. The number of aliphatic hydroxyl groups excluding tert-OH is 1. The van der Waals surface area contributed by atoms with Crippen molar-refractivity contribution in [2.24, 2.45) is 7.05 Å². The van der Waals surface area contributed by atoms with Crippen molar-refractivity contribution in [2.45, 2.75) is 13.0 Å². The van der Waals surface area contributed by atoms with Crippen LogP contribution in [0.2, 0.25) is 0 Å². The molecule has 0 unspecified atom stereocenters. The number of amides is 1. The summed E-state index contributed by atoms with van der Waals surface area (Å²) in [6.45, 7) is 5.37. The molecule has 1 fully saturated rings. The Labute approximate surface area is 142 Å². The molecule has 1 aliphatic heterocycles. The minimum Gasteiger partial charge on any atom is -0.387 e. The number of hydrogen-bond acceptors (Lipinski definition) is 4. The molecule has 6 heteroatoms. The van der Waals surface area contributed by atoms with E-state index in [1.165, 1.54) is 0 Å². The zero-order chi connectivity index (χ0) is 17.1. The molecule has 128 valence electrons. The van der Waals surface area contributed by atoms with Crippen LogP contribution in [-0.2, 0) is 7.05 Å². The second-order valence-electron chi connectivity index (χ2n) is 6.31. The molecule has 0 radical (unpaired) electrons. The van der Waals surface area contributed by atoms with Crippen LogP contribution >= 0.6 is 0 Å². The smallest absolute Gasteiger partial charge is 0.272 e. The lowest BCUT2D eigenvalue weighted by atomic mass is 10.1. The molecule has 1 aliphatic rings. The van der Waals surface area contributed by atoms with Gasteiger partial charge in [-0.2, -0.15) is 5.10 Å². The van der Waals surface area contributed by atoms with Crippen LogP contribution in [0.5, 0.6) is 0 Å². The number of hydrogen-bond donors (Lipinski definition) is 1. The number of aryl methyl sites for hydroxylation is 2. The zero-order valence-corrected chi connectivity index (χ0v) is 14.2. The number of rotatable bonds is 4. The Morgan fingerprint density at radius 2 is 1.88 bits per heavy atom. The van der Waals surface area contributed by atoms with Crippen LogP contribution in [-0.4, -0.2) is 63.3 Å². The maximum Gasteiger partial charge on any atom is 0.272 e. The van der Waals surface area contributed by atoms with E-state index >= 15 is 0 Å². The molecule has 1 saturated heterocycles. The molecule has 24 heavy (non-hydrogen) atoms. The molecule has 0 bridgehead atoms. The van der Waals surface area contributed by atoms with Gasteiger partial charge >= 0.3 is 0 Å². The third kappa shape index (κ3) is 3.66. The number of carbonyl (C=O) groups excluding carboxylic acids is 1. The number of carbonyl (C=O) groups is 1. The lowest BCUT2D eigenvalue weighted by molar-refractivity contribution is 0.0519. The van der Waals surface area contributed by atoms with Gasteiger partial charge in [-0.25, -0.2) is 0 Å². The summed E-state index contributed by atoms with van der Waals surface area (Å²) in [6, 6.07) is 11.5. The summed E-state index contributed by atoms with van der Waals surface area (Å²) in [5.41, 5.74) is 2.41. The summed E-state index contributed by atoms with van der Waals surface area (Å²) in [4.78, 5) is 16.6. The van der Waals surface area contributed by atoms with Crippen LogP contribution in [0, 0.1) is 6.92 Å². The first-order valence-electron chi connectivity index (χ1n) is 8.30. The molecule has 1 N–H and O–H groups in total. The Morgan fingerprint density at radius 3 is 2.46 bits per heavy atom. The molecule has 3 rings (SSSR count). The molecule has 2 aromatic rings. The number of nitrogens with zero attached hydrogens (tertiary/aromatic N) is 4. The quantitative estimate of drug-likeness (QED) is 0.917. The first kappa shape index (κ1) is 16.7. The third-order valence-corrected chi connectivity index (χ3v) is 4.50. The number of benzene rings is 1. The maximum atomic E-state index is 12.6. The topological polar surface area (TPSA) is 61.6 Å². The average molecular weight is 328 g/mol. The van der Waals surface area contributed by atoms with E-state index in [-0.39, 0.29) is 5.91 Å². The van der Waals surface area contributed by atoms with Gasteiger partial charge < -0.3 is 10.0 Å². The normalized spacial score (nSPS) is 17.0. The van der Waals surface area contributed by atoms with Crippen LogP contribution in [0.3, 0.4) is 0 Å². The highest BCUT2D eigenvalue weighted by Crippen LogP contribution is 2.16. The van der Waals surface area contributed by atoms with E-state index in [2.05, 4.69) is 10.00 Å². The van der Waals surface area contributed by atoms with Crippen molar-refractivity contribution in [3.05, 3.63) is 53.3 Å². The Hall–Kier alpha value is -2.18. The van der Waals surface area contributed by atoms with Crippen LogP contribution in [0.1, 0.15) is 27.8 Å². The summed E-state index contributed by atoms with van der Waals surface area (Å²) in [7, 11) is 1.80. The lowest BCUT2D eigenvalue weighted by Gasteiger charge is -2.35. The Balaban J connectivity index is 1.54. The van der Waals surface area contributed by atoms with E-state index in [1.54, 1.807) is 11.7 Å². The Bertz CT molecular complexity index is 690. The summed E-state index contributed by atoms with van der Waals surface area (Å²) < 4.78 is 1.64. The van der Waals surface area contributed by atoms with E-state index in [4.69, 9.17) is 0 Å². The second-order valence-corrected chi connectivity index (χ2v) is 6.31. The van der Waals surface area contributed by atoms with Gasteiger partial charge in [-0.15, -0.1) is 0 Å². The van der Waals surface area contributed by atoms with E-state index in [1.807, 2.05) is 48.2 Å². The Kier molecular flexibility index (Phi) is 4.97. The first-order chi connectivity index (χ1) is 11.5. The van der Waals surface area contributed by atoms with Crippen molar-refractivity contribution in [3.8, 4) is 0 Å². The first-order valence-corrected chi connectivity index (χ1v) is 8.30. The van der Waals surface area contributed by atoms with Gasteiger partial charge in [-0.05, 0) is 18.6 Å². The molecule has 0 aliphatic carbocycles. The van der Waals surface area contributed by atoms with E-state index < -0.39 is 6.10 Å². The number of β-amino-alcohol motifs (C(OH)–C–C–N with tert-alkyl or cyclic N) is 1. The lowest BCUT2D eigenvalue weighted by Crippen LogP contribution is -2.49. The van der Waals surface area contributed by atoms with Crippen LogP contribution in [0.15, 0.2) is 36.4 Å². The molecule has 0 saturated carbocycles. The predicted molar refractivity (Wildman–Crippen MR) is 91.7 cm³/mol. The van der Waals surface area contributed by atoms with Crippen molar-refractivity contribution in [2.75, 3.05) is 32.7 Å². The molecular weight excluding hydrogens is 304 g/mol. The number of aromatic nitrogens is 2. The van der Waals surface area contributed by atoms with Crippen LogP contribution in [0.25, 0.3) is 0 Å². The van der Waals surface area contributed by atoms with Crippen LogP contribution < -0.4 is 0 Å². The molecule has 6 nitrogen and oxygen atoms in total. The van der Waals surface area contributed by atoms with Gasteiger partial charge in [0.15, 0.2) is 0 Å². The van der Waals surface area contributed by atoms with Crippen molar-refractivity contribution in [3.63, 3.8) is 0 Å². The summed E-state index contributed by atoms with van der Waals surface area (Å²) in [5.74, 6) is 0.0290. The molecule has 1 atom stereocenters. The number of piperazine rings is 1. The third-order valence-electron chi connectivity index (χ3n) is 4.50. The maximum absolute atomic E-state index is 12.6. The standard InChI is InChI=1S/C18H24N4O2/c1-14-12-16(20(2)19-14)18(24)22-10-8-21(9-11-22)13-17(23)15-6-4-3-5-7-15/h3-7,12,17,23H,8-11,13H2,1-2H3/t17-/m1/s1. The van der Waals surface area contributed by atoms with Gasteiger partial charge in [0.05, 0.1) is 11.8 Å². The van der Waals surface area contributed by atoms with Gasteiger partial charge in [0.1, 0.15) is 5.69 Å². The van der Waals surface area contributed by atoms with Crippen molar-refractivity contribution < 1.29 is 9.90 Å². The molecule has 1 aromatic carbocycles. The van der Waals surface area contributed by atoms with Gasteiger partial charge in [0.2, 0.25) is 0 Å². The fraction of sp³-hybridized carbons (Fsp3) is 0.444. The monoisotopic (exact) mass is 328 g/mol.